The molecular weight excluding hydrogens is 266 g/mol. The molecule has 1 aromatic rings. The van der Waals surface area contributed by atoms with Crippen molar-refractivity contribution in [3.63, 3.8) is 0 Å². The van der Waals surface area contributed by atoms with Gasteiger partial charge in [0.05, 0.1) is 5.41 Å². The highest BCUT2D eigenvalue weighted by Gasteiger charge is 2.43. The molecule has 110 valence electrons. The average molecular weight is 285 g/mol. The second kappa shape index (κ2) is 6.45. The van der Waals surface area contributed by atoms with Gasteiger partial charge in [-0.05, 0) is 31.9 Å². The van der Waals surface area contributed by atoms with Crippen LogP contribution in [0.2, 0.25) is 0 Å². The van der Waals surface area contributed by atoms with Gasteiger partial charge in [-0.2, -0.15) is 0 Å². The molecule has 2 unspecified atom stereocenters. The van der Waals surface area contributed by atoms with Gasteiger partial charge in [-0.25, -0.2) is 0 Å². The molecule has 4 nitrogen and oxygen atoms in total. The number of rotatable bonds is 2. The van der Waals surface area contributed by atoms with Gasteiger partial charge in [0.2, 0.25) is 0 Å². The Morgan fingerprint density at radius 2 is 2.00 bits per heavy atom. The molecule has 1 saturated carbocycles. The first kappa shape index (κ1) is 15.1. The first-order valence-corrected chi connectivity index (χ1v) is 7.13. The number of hydrogen-bond acceptors (Lipinski definition) is 2. The minimum absolute atomic E-state index is 0.360. The lowest BCUT2D eigenvalue weighted by Crippen LogP contribution is -2.51. The van der Waals surface area contributed by atoms with Crippen molar-refractivity contribution in [1.82, 2.24) is 5.32 Å². The van der Waals surface area contributed by atoms with Crippen LogP contribution >= 0.6 is 0 Å². The molecule has 0 heterocycles. The fraction of sp³-hybridized carbons (Fsp3) is 0.412. The third kappa shape index (κ3) is 3.63. The highest BCUT2D eigenvalue weighted by molar-refractivity contribution is 5.94. The van der Waals surface area contributed by atoms with Gasteiger partial charge in [0, 0.05) is 17.5 Å². The number of carbonyl (C=O) groups is 2. The molecule has 0 spiro atoms. The summed E-state index contributed by atoms with van der Waals surface area (Å²) in [6.07, 6.45) is 3.08. The summed E-state index contributed by atoms with van der Waals surface area (Å²) in [7, 11) is 0. The highest BCUT2D eigenvalue weighted by atomic mass is 16.4. The average Bonchev–Trinajstić information content (AvgIpc) is 2.48. The Morgan fingerprint density at radius 3 is 2.67 bits per heavy atom. The number of aliphatic carboxylic acids is 1. The van der Waals surface area contributed by atoms with E-state index in [1.165, 1.54) is 0 Å². The molecule has 1 fully saturated rings. The molecule has 1 aliphatic rings. The Labute approximate surface area is 124 Å². The van der Waals surface area contributed by atoms with Crippen molar-refractivity contribution in [2.45, 2.75) is 38.6 Å². The minimum atomic E-state index is -0.900. The second-order valence-electron chi connectivity index (χ2n) is 5.61. The number of hydrogen-bond donors (Lipinski definition) is 2. The minimum Gasteiger partial charge on any atom is -0.481 e. The quantitative estimate of drug-likeness (QED) is 0.819. The van der Waals surface area contributed by atoms with E-state index in [1.807, 2.05) is 30.3 Å². The SMILES string of the molecule is CC1(C(=O)O)CCCCC1NC(=O)C#Cc1ccccc1. The molecule has 4 heteroatoms. The summed E-state index contributed by atoms with van der Waals surface area (Å²) < 4.78 is 0. The predicted molar refractivity (Wildman–Crippen MR) is 79.5 cm³/mol. The first-order valence-electron chi connectivity index (χ1n) is 7.13. The van der Waals surface area contributed by atoms with Crippen LogP contribution in [0.3, 0.4) is 0 Å². The van der Waals surface area contributed by atoms with Crippen LogP contribution in [0.5, 0.6) is 0 Å². The largest absolute Gasteiger partial charge is 0.481 e. The van der Waals surface area contributed by atoms with Gasteiger partial charge in [0.25, 0.3) is 5.91 Å². The molecule has 2 N–H and O–H groups in total. The van der Waals surface area contributed by atoms with Gasteiger partial charge in [-0.1, -0.05) is 37.0 Å². The normalized spacial score (nSPS) is 24.5. The number of nitrogens with one attached hydrogen (secondary N) is 1. The van der Waals surface area contributed by atoms with Gasteiger partial charge in [-0.3, -0.25) is 9.59 Å². The van der Waals surface area contributed by atoms with E-state index in [1.54, 1.807) is 6.92 Å². The van der Waals surface area contributed by atoms with Gasteiger partial charge in [0.15, 0.2) is 0 Å². The topological polar surface area (TPSA) is 66.4 Å². The molecule has 1 aromatic carbocycles. The van der Waals surface area contributed by atoms with E-state index < -0.39 is 17.3 Å². The number of carbonyl (C=O) groups excluding carboxylic acids is 1. The molecule has 2 rings (SSSR count). The summed E-state index contributed by atoms with van der Waals surface area (Å²) in [5.74, 6) is 4.03. The van der Waals surface area contributed by atoms with E-state index in [2.05, 4.69) is 17.2 Å². The fourth-order valence-corrected chi connectivity index (χ4v) is 2.67. The van der Waals surface area contributed by atoms with Crippen LogP contribution in [0, 0.1) is 17.3 Å². The Morgan fingerprint density at radius 1 is 1.29 bits per heavy atom. The van der Waals surface area contributed by atoms with E-state index in [9.17, 15) is 14.7 Å². The van der Waals surface area contributed by atoms with Gasteiger partial charge < -0.3 is 10.4 Å². The molecule has 1 aliphatic carbocycles. The molecule has 0 bridgehead atoms. The molecule has 0 radical (unpaired) electrons. The van der Waals surface area contributed by atoms with Crippen molar-refractivity contribution in [2.75, 3.05) is 0 Å². The summed E-state index contributed by atoms with van der Waals surface area (Å²) in [5, 5.41) is 12.2. The molecule has 0 saturated heterocycles. The highest BCUT2D eigenvalue weighted by Crippen LogP contribution is 2.36. The number of carboxylic acids is 1. The van der Waals surface area contributed by atoms with E-state index >= 15 is 0 Å². The van der Waals surface area contributed by atoms with Crippen molar-refractivity contribution in [3.05, 3.63) is 35.9 Å². The van der Waals surface area contributed by atoms with Crippen LogP contribution in [0.1, 0.15) is 38.2 Å². The predicted octanol–water partition coefficient (Wildman–Crippen LogP) is 2.19. The molecule has 21 heavy (non-hydrogen) atoms. The van der Waals surface area contributed by atoms with Crippen LogP contribution in [-0.4, -0.2) is 23.0 Å². The van der Waals surface area contributed by atoms with E-state index in [0.29, 0.717) is 12.8 Å². The zero-order valence-corrected chi connectivity index (χ0v) is 12.1. The number of benzene rings is 1. The summed E-state index contributed by atoms with van der Waals surface area (Å²) in [4.78, 5) is 23.4. The van der Waals surface area contributed by atoms with Crippen molar-refractivity contribution in [2.24, 2.45) is 5.41 Å². The molecule has 0 aliphatic heterocycles. The smallest absolute Gasteiger partial charge is 0.311 e. The maximum absolute atomic E-state index is 11.9. The van der Waals surface area contributed by atoms with Crippen molar-refractivity contribution < 1.29 is 14.7 Å². The van der Waals surface area contributed by atoms with E-state index in [-0.39, 0.29) is 6.04 Å². The zero-order chi connectivity index (χ0) is 15.3. The number of carboxylic acid groups (broad SMARTS) is 1. The standard InChI is InChI=1S/C17H19NO3/c1-17(16(20)21)12-6-5-9-14(17)18-15(19)11-10-13-7-3-2-4-8-13/h2-4,7-8,14H,5-6,9,12H2,1H3,(H,18,19)(H,20,21). The van der Waals surface area contributed by atoms with Crippen molar-refractivity contribution in [1.29, 1.82) is 0 Å². The molecular formula is C17H19NO3. The van der Waals surface area contributed by atoms with Gasteiger partial charge in [0.1, 0.15) is 0 Å². The van der Waals surface area contributed by atoms with Crippen LogP contribution in [0.15, 0.2) is 30.3 Å². The third-order valence-electron chi connectivity index (χ3n) is 4.10. The van der Waals surface area contributed by atoms with Crippen LogP contribution in [-0.2, 0) is 9.59 Å². The first-order chi connectivity index (χ1) is 10.0. The lowest BCUT2D eigenvalue weighted by Gasteiger charge is -2.37. The maximum atomic E-state index is 11.9. The molecule has 2 atom stereocenters. The molecule has 1 amide bonds. The Hall–Kier alpha value is -2.28. The maximum Gasteiger partial charge on any atom is 0.311 e. The van der Waals surface area contributed by atoms with E-state index in [0.717, 1.165) is 18.4 Å². The second-order valence-corrected chi connectivity index (χ2v) is 5.61. The lowest BCUT2D eigenvalue weighted by atomic mass is 9.71. The lowest BCUT2D eigenvalue weighted by molar-refractivity contribution is -0.151. The van der Waals surface area contributed by atoms with Crippen LogP contribution in [0.25, 0.3) is 0 Å². The summed E-state index contributed by atoms with van der Waals surface area (Å²) in [5.41, 5.74) is -0.139. The Balaban J connectivity index is 2.05. The third-order valence-corrected chi connectivity index (χ3v) is 4.10. The zero-order valence-electron chi connectivity index (χ0n) is 12.1. The van der Waals surface area contributed by atoms with Crippen LogP contribution in [0.4, 0.5) is 0 Å². The number of amides is 1. The molecule has 0 aromatic heterocycles. The van der Waals surface area contributed by atoms with Crippen LogP contribution < -0.4 is 5.32 Å². The Bertz CT molecular complexity index is 585. The van der Waals surface area contributed by atoms with Gasteiger partial charge >= 0.3 is 5.97 Å². The summed E-state index contributed by atoms with van der Waals surface area (Å²) in [6.45, 7) is 1.70. The summed E-state index contributed by atoms with van der Waals surface area (Å²) in [6, 6.07) is 8.87. The van der Waals surface area contributed by atoms with E-state index in [4.69, 9.17) is 0 Å². The van der Waals surface area contributed by atoms with Crippen molar-refractivity contribution in [3.8, 4) is 11.8 Å². The monoisotopic (exact) mass is 285 g/mol. The fourth-order valence-electron chi connectivity index (χ4n) is 2.67. The van der Waals surface area contributed by atoms with Crippen molar-refractivity contribution >= 4 is 11.9 Å². The summed E-state index contributed by atoms with van der Waals surface area (Å²) >= 11 is 0. The van der Waals surface area contributed by atoms with Gasteiger partial charge in [-0.15, -0.1) is 0 Å². The Kier molecular flexibility index (Phi) is 4.64.